The molecule has 0 bridgehead atoms. The molecule has 0 spiro atoms. The van der Waals surface area contributed by atoms with E-state index >= 15 is 0 Å². The molecule has 9 heteroatoms. The third-order valence-corrected chi connectivity index (χ3v) is 6.85. The summed E-state index contributed by atoms with van der Waals surface area (Å²) in [5.41, 5.74) is 1.30. The zero-order valence-corrected chi connectivity index (χ0v) is 18.8. The Morgan fingerprint density at radius 1 is 1.38 bits per heavy atom. The van der Waals surface area contributed by atoms with E-state index in [4.69, 9.17) is 26.3 Å². The Morgan fingerprint density at radius 2 is 2.25 bits per heavy atom. The number of benzene rings is 1. The highest BCUT2D eigenvalue weighted by Gasteiger charge is 2.43. The molecule has 1 aromatic heterocycles. The first-order valence-corrected chi connectivity index (χ1v) is 11.3. The van der Waals surface area contributed by atoms with Gasteiger partial charge in [0.25, 0.3) is 0 Å². The summed E-state index contributed by atoms with van der Waals surface area (Å²) in [6.45, 7) is 1.81. The number of piperidine rings is 1. The largest absolute Gasteiger partial charge is 0.495 e. The Labute approximate surface area is 192 Å². The number of nitriles is 1. The number of alkyl halides is 1. The van der Waals surface area contributed by atoms with Crippen LogP contribution in [0.1, 0.15) is 24.8 Å². The molecule has 32 heavy (non-hydrogen) atoms. The Balaban J connectivity index is 1.29. The summed E-state index contributed by atoms with van der Waals surface area (Å²) in [7, 11) is 1.54. The fourth-order valence-electron chi connectivity index (χ4n) is 4.62. The second-order valence-electron chi connectivity index (χ2n) is 8.41. The molecule has 170 valence electrons. The van der Waals surface area contributed by atoms with Crippen LogP contribution in [0.4, 0.5) is 5.69 Å². The molecule has 2 N–H and O–H groups in total. The standard InChI is InChI=1S/C23H28ClN5O3/c1-31-21-10-18(3-2-15(21)12-25)27-13-17-8-16-9-19(24)22(11-20(16)28-23(17)30)32-7-6-29-5-4-26-14-29/h2-5,10,14,16-17,19-20,22,27H,6-9,11,13H2,1H3,(H,28,30). The van der Waals surface area contributed by atoms with Crippen molar-refractivity contribution in [3.8, 4) is 11.8 Å². The predicted molar refractivity (Wildman–Crippen MR) is 121 cm³/mol. The van der Waals surface area contributed by atoms with Crippen molar-refractivity contribution in [1.82, 2.24) is 14.9 Å². The third-order valence-electron chi connectivity index (χ3n) is 6.39. The summed E-state index contributed by atoms with van der Waals surface area (Å²) in [6, 6.07) is 7.52. The van der Waals surface area contributed by atoms with Gasteiger partial charge in [0, 0.05) is 43.3 Å². The van der Waals surface area contributed by atoms with Crippen LogP contribution >= 0.6 is 11.6 Å². The smallest absolute Gasteiger partial charge is 0.225 e. The molecule has 5 unspecified atom stereocenters. The van der Waals surface area contributed by atoms with E-state index in [2.05, 4.69) is 21.7 Å². The number of hydrogen-bond acceptors (Lipinski definition) is 6. The number of methoxy groups -OCH3 is 1. The van der Waals surface area contributed by atoms with Gasteiger partial charge in [0.15, 0.2) is 0 Å². The van der Waals surface area contributed by atoms with E-state index in [1.54, 1.807) is 24.7 Å². The molecular formula is C23H28ClN5O3. The van der Waals surface area contributed by atoms with E-state index in [9.17, 15) is 4.79 Å². The zero-order valence-electron chi connectivity index (χ0n) is 18.0. The first-order chi connectivity index (χ1) is 15.6. The van der Waals surface area contributed by atoms with Crippen LogP contribution in [0.2, 0.25) is 0 Å². The van der Waals surface area contributed by atoms with Gasteiger partial charge in [0.05, 0.1) is 43.0 Å². The number of amides is 1. The van der Waals surface area contributed by atoms with E-state index in [0.717, 1.165) is 31.5 Å². The number of ether oxygens (including phenoxy) is 2. The lowest BCUT2D eigenvalue weighted by molar-refractivity contribution is -0.130. The Bertz CT molecular complexity index is 961. The van der Waals surface area contributed by atoms with Gasteiger partial charge in [-0.1, -0.05) is 0 Å². The van der Waals surface area contributed by atoms with Crippen molar-refractivity contribution >= 4 is 23.2 Å². The highest BCUT2D eigenvalue weighted by atomic mass is 35.5. The number of halogens is 1. The maximum atomic E-state index is 12.7. The summed E-state index contributed by atoms with van der Waals surface area (Å²) in [5, 5.41) is 15.6. The van der Waals surface area contributed by atoms with Crippen LogP contribution in [0, 0.1) is 23.2 Å². The van der Waals surface area contributed by atoms with Crippen molar-refractivity contribution in [2.75, 3.05) is 25.6 Å². The molecule has 5 atom stereocenters. The van der Waals surface area contributed by atoms with Crippen LogP contribution in [0.15, 0.2) is 36.9 Å². The first kappa shape index (κ1) is 22.4. The SMILES string of the molecule is COc1cc(NCC2CC3CC(Cl)C(OCCn4ccnc4)CC3NC2=O)ccc1C#N. The van der Waals surface area contributed by atoms with Crippen molar-refractivity contribution in [2.24, 2.45) is 11.8 Å². The van der Waals surface area contributed by atoms with Crippen LogP contribution < -0.4 is 15.4 Å². The van der Waals surface area contributed by atoms with Gasteiger partial charge in [-0.25, -0.2) is 4.98 Å². The average molecular weight is 458 g/mol. The minimum atomic E-state index is -0.138. The van der Waals surface area contributed by atoms with E-state index in [-0.39, 0.29) is 29.3 Å². The van der Waals surface area contributed by atoms with Gasteiger partial charge in [0.1, 0.15) is 11.8 Å². The number of nitrogens with one attached hydrogen (secondary N) is 2. The quantitative estimate of drug-likeness (QED) is 0.591. The maximum Gasteiger partial charge on any atom is 0.225 e. The number of carbonyl (C=O) groups excluding carboxylic acids is 1. The van der Waals surface area contributed by atoms with E-state index in [1.807, 2.05) is 16.8 Å². The van der Waals surface area contributed by atoms with Crippen molar-refractivity contribution < 1.29 is 14.3 Å². The second-order valence-corrected chi connectivity index (χ2v) is 8.97. The highest BCUT2D eigenvalue weighted by molar-refractivity contribution is 6.21. The van der Waals surface area contributed by atoms with Gasteiger partial charge < -0.3 is 24.7 Å². The highest BCUT2D eigenvalue weighted by Crippen LogP contribution is 2.37. The maximum absolute atomic E-state index is 12.7. The molecule has 2 heterocycles. The lowest BCUT2D eigenvalue weighted by Gasteiger charge is -2.44. The fourth-order valence-corrected chi connectivity index (χ4v) is 5.02. The van der Waals surface area contributed by atoms with Crippen LogP contribution in [-0.2, 0) is 16.1 Å². The molecular weight excluding hydrogens is 430 g/mol. The van der Waals surface area contributed by atoms with E-state index in [1.165, 1.54) is 7.11 Å². The zero-order chi connectivity index (χ0) is 22.5. The number of aromatic nitrogens is 2. The summed E-state index contributed by atoms with van der Waals surface area (Å²) < 4.78 is 13.3. The summed E-state index contributed by atoms with van der Waals surface area (Å²) >= 11 is 6.67. The molecule has 1 saturated heterocycles. The summed E-state index contributed by atoms with van der Waals surface area (Å²) in [4.78, 5) is 16.8. The number of hydrogen-bond donors (Lipinski definition) is 2. The lowest BCUT2D eigenvalue weighted by atomic mass is 9.74. The van der Waals surface area contributed by atoms with Gasteiger partial charge >= 0.3 is 0 Å². The number of imidazole rings is 1. The second kappa shape index (κ2) is 10.2. The monoisotopic (exact) mass is 457 g/mol. The summed E-state index contributed by atoms with van der Waals surface area (Å²) in [6.07, 6.45) is 7.70. The normalized spacial score (nSPS) is 27.2. The molecule has 1 amide bonds. The number of rotatable bonds is 8. The van der Waals surface area contributed by atoms with Crippen molar-refractivity contribution in [1.29, 1.82) is 5.26 Å². The lowest BCUT2D eigenvalue weighted by Crippen LogP contribution is -2.56. The number of carbonyl (C=O) groups is 1. The summed E-state index contributed by atoms with van der Waals surface area (Å²) in [5.74, 6) is 0.776. The number of fused-ring (bicyclic) bond motifs is 1. The molecule has 2 fully saturated rings. The molecule has 0 radical (unpaired) electrons. The Morgan fingerprint density at radius 3 is 3.00 bits per heavy atom. The molecule has 8 nitrogen and oxygen atoms in total. The van der Waals surface area contributed by atoms with Gasteiger partial charge in [-0.3, -0.25) is 4.79 Å². The first-order valence-electron chi connectivity index (χ1n) is 10.9. The average Bonchev–Trinajstić information content (AvgIpc) is 3.32. The van der Waals surface area contributed by atoms with Crippen LogP contribution in [0.3, 0.4) is 0 Å². The Kier molecular flexibility index (Phi) is 7.18. The molecule has 1 aliphatic heterocycles. The van der Waals surface area contributed by atoms with Gasteiger partial charge in [-0.2, -0.15) is 5.26 Å². The van der Waals surface area contributed by atoms with Crippen molar-refractivity contribution in [2.45, 2.75) is 43.3 Å². The molecule has 2 aromatic rings. The van der Waals surface area contributed by atoms with E-state index in [0.29, 0.717) is 30.4 Å². The van der Waals surface area contributed by atoms with Gasteiger partial charge in [0.2, 0.25) is 5.91 Å². The van der Waals surface area contributed by atoms with E-state index < -0.39 is 0 Å². The fraction of sp³-hybridized carbons (Fsp3) is 0.522. The van der Waals surface area contributed by atoms with Crippen molar-refractivity contribution in [3.63, 3.8) is 0 Å². The minimum absolute atomic E-state index is 0.0598. The molecule has 2 aliphatic rings. The van der Waals surface area contributed by atoms with Gasteiger partial charge in [-0.15, -0.1) is 11.6 Å². The van der Waals surface area contributed by atoms with Crippen molar-refractivity contribution in [3.05, 3.63) is 42.5 Å². The number of anilines is 1. The van der Waals surface area contributed by atoms with Crippen LogP contribution in [-0.4, -0.2) is 53.2 Å². The molecule has 1 aliphatic carbocycles. The molecule has 4 rings (SSSR count). The topological polar surface area (TPSA) is 101 Å². The van der Waals surface area contributed by atoms with Gasteiger partial charge in [-0.05, 0) is 37.3 Å². The third kappa shape index (κ3) is 5.17. The molecule has 1 aromatic carbocycles. The molecule has 1 saturated carbocycles. The van der Waals surface area contributed by atoms with Crippen LogP contribution in [0.5, 0.6) is 5.75 Å². The number of nitrogens with zero attached hydrogens (tertiary/aromatic N) is 3. The Hall–Kier alpha value is -2.76. The van der Waals surface area contributed by atoms with Crippen LogP contribution in [0.25, 0.3) is 0 Å². The predicted octanol–water partition coefficient (Wildman–Crippen LogP) is 2.78. The minimum Gasteiger partial charge on any atom is -0.495 e.